The van der Waals surface area contributed by atoms with Crippen LogP contribution in [0.1, 0.15) is 34.6 Å². The largest absolute Gasteiger partial charge is 0.396 e. The van der Waals surface area contributed by atoms with E-state index in [-0.39, 0.29) is 17.6 Å². The van der Waals surface area contributed by atoms with Crippen molar-refractivity contribution in [2.45, 2.75) is 40.2 Å². The number of nitrogens with one attached hydrogen (secondary N) is 2. The van der Waals surface area contributed by atoms with Gasteiger partial charge in [0.05, 0.1) is 12.1 Å². The molecule has 108 valence electrons. The van der Waals surface area contributed by atoms with Crippen molar-refractivity contribution in [3.8, 4) is 0 Å². The second-order valence-electron chi connectivity index (χ2n) is 5.83. The second kappa shape index (κ2) is 7.59. The monoisotopic (exact) mass is 259 g/mol. The van der Waals surface area contributed by atoms with E-state index >= 15 is 0 Å². The zero-order chi connectivity index (χ0) is 14.2. The SMILES string of the molecule is CCNC(=NCC(C)(C)CO)NCC(C)(C)OC. The Bertz CT molecular complexity index is 263. The Morgan fingerprint density at radius 3 is 2.28 bits per heavy atom. The number of hydrogen-bond acceptors (Lipinski definition) is 3. The lowest BCUT2D eigenvalue weighted by Gasteiger charge is -2.25. The highest BCUT2D eigenvalue weighted by Crippen LogP contribution is 2.13. The molecule has 0 aliphatic rings. The predicted molar refractivity (Wildman–Crippen MR) is 75.9 cm³/mol. The average Bonchev–Trinajstić information content (AvgIpc) is 2.33. The molecule has 0 unspecified atom stereocenters. The van der Waals surface area contributed by atoms with E-state index in [0.29, 0.717) is 13.1 Å². The Morgan fingerprint density at radius 2 is 1.83 bits per heavy atom. The smallest absolute Gasteiger partial charge is 0.191 e. The Hall–Kier alpha value is -0.810. The summed E-state index contributed by atoms with van der Waals surface area (Å²) in [6, 6.07) is 0. The summed E-state index contributed by atoms with van der Waals surface area (Å²) >= 11 is 0. The van der Waals surface area contributed by atoms with E-state index in [2.05, 4.69) is 15.6 Å². The predicted octanol–water partition coefficient (Wildman–Crippen LogP) is 0.985. The second-order valence-corrected chi connectivity index (χ2v) is 5.83. The van der Waals surface area contributed by atoms with Crippen molar-refractivity contribution in [2.24, 2.45) is 10.4 Å². The minimum Gasteiger partial charge on any atom is -0.396 e. The highest BCUT2D eigenvalue weighted by atomic mass is 16.5. The molecule has 0 spiro atoms. The number of guanidine groups is 1. The topological polar surface area (TPSA) is 65.9 Å². The fraction of sp³-hybridized carbons (Fsp3) is 0.923. The number of ether oxygens (including phenoxy) is 1. The molecule has 0 saturated heterocycles. The number of methoxy groups -OCH3 is 1. The molecular formula is C13H29N3O2. The highest BCUT2D eigenvalue weighted by Gasteiger charge is 2.18. The zero-order valence-electron chi connectivity index (χ0n) is 12.6. The molecule has 5 nitrogen and oxygen atoms in total. The fourth-order valence-electron chi connectivity index (χ4n) is 1.05. The summed E-state index contributed by atoms with van der Waals surface area (Å²) in [7, 11) is 1.70. The maximum absolute atomic E-state index is 9.20. The lowest BCUT2D eigenvalue weighted by atomic mass is 9.95. The molecule has 0 heterocycles. The van der Waals surface area contributed by atoms with Crippen LogP contribution in [-0.4, -0.2) is 50.0 Å². The number of aliphatic hydroxyl groups is 1. The molecule has 0 aliphatic heterocycles. The first-order valence-corrected chi connectivity index (χ1v) is 6.44. The van der Waals surface area contributed by atoms with Gasteiger partial charge in [0.2, 0.25) is 0 Å². The van der Waals surface area contributed by atoms with Crippen LogP contribution in [0, 0.1) is 5.41 Å². The lowest BCUT2D eigenvalue weighted by molar-refractivity contribution is 0.0268. The van der Waals surface area contributed by atoms with Gasteiger partial charge in [-0.25, -0.2) is 0 Å². The van der Waals surface area contributed by atoms with Gasteiger partial charge in [-0.3, -0.25) is 4.99 Å². The van der Waals surface area contributed by atoms with Crippen LogP contribution in [0.5, 0.6) is 0 Å². The van der Waals surface area contributed by atoms with Crippen LogP contribution in [0.3, 0.4) is 0 Å². The molecule has 0 aromatic rings. The molecule has 0 amide bonds. The number of aliphatic hydroxyl groups excluding tert-OH is 1. The fourth-order valence-corrected chi connectivity index (χ4v) is 1.05. The van der Waals surface area contributed by atoms with Gasteiger partial charge < -0.3 is 20.5 Å². The molecule has 0 bridgehead atoms. The number of hydrogen-bond donors (Lipinski definition) is 3. The molecule has 0 saturated carbocycles. The number of rotatable bonds is 7. The highest BCUT2D eigenvalue weighted by molar-refractivity contribution is 5.79. The van der Waals surface area contributed by atoms with Crippen molar-refractivity contribution in [2.75, 3.05) is 33.4 Å². The lowest BCUT2D eigenvalue weighted by Crippen LogP contribution is -2.45. The van der Waals surface area contributed by atoms with Gasteiger partial charge in [-0.05, 0) is 20.8 Å². The van der Waals surface area contributed by atoms with Crippen LogP contribution in [0.2, 0.25) is 0 Å². The summed E-state index contributed by atoms with van der Waals surface area (Å²) in [5.74, 6) is 0.754. The van der Waals surface area contributed by atoms with Crippen LogP contribution in [0.15, 0.2) is 4.99 Å². The zero-order valence-corrected chi connectivity index (χ0v) is 12.6. The maximum atomic E-state index is 9.20. The summed E-state index contributed by atoms with van der Waals surface area (Å²) in [6.45, 7) is 12.2. The standard InChI is InChI=1S/C13H29N3O2/c1-7-14-11(15-8-12(2,3)10-17)16-9-13(4,5)18-6/h17H,7-10H2,1-6H3,(H2,14,15,16). The van der Waals surface area contributed by atoms with E-state index in [0.717, 1.165) is 12.5 Å². The van der Waals surface area contributed by atoms with Gasteiger partial charge in [0.25, 0.3) is 0 Å². The molecular weight excluding hydrogens is 230 g/mol. The van der Waals surface area contributed by atoms with Crippen LogP contribution in [0.25, 0.3) is 0 Å². The van der Waals surface area contributed by atoms with Gasteiger partial charge in [-0.15, -0.1) is 0 Å². The Labute approximate surface area is 111 Å². The van der Waals surface area contributed by atoms with E-state index in [1.807, 2.05) is 34.6 Å². The van der Waals surface area contributed by atoms with Crippen LogP contribution >= 0.6 is 0 Å². The van der Waals surface area contributed by atoms with Gasteiger partial charge in [-0.2, -0.15) is 0 Å². The van der Waals surface area contributed by atoms with E-state index in [1.54, 1.807) is 7.11 Å². The third-order valence-corrected chi connectivity index (χ3v) is 2.67. The number of nitrogens with zero attached hydrogens (tertiary/aromatic N) is 1. The molecule has 0 aromatic heterocycles. The van der Waals surface area contributed by atoms with Crippen LogP contribution in [-0.2, 0) is 4.74 Å². The Morgan fingerprint density at radius 1 is 1.22 bits per heavy atom. The molecule has 0 radical (unpaired) electrons. The van der Waals surface area contributed by atoms with Crippen molar-refractivity contribution >= 4 is 5.96 Å². The summed E-state index contributed by atoms with van der Waals surface area (Å²) in [5.41, 5.74) is -0.429. The minimum absolute atomic E-state index is 0.124. The van der Waals surface area contributed by atoms with Gasteiger partial charge in [-0.1, -0.05) is 13.8 Å². The van der Waals surface area contributed by atoms with Gasteiger partial charge in [0, 0.05) is 32.2 Å². The van der Waals surface area contributed by atoms with Crippen molar-refractivity contribution < 1.29 is 9.84 Å². The molecule has 0 fully saturated rings. The average molecular weight is 259 g/mol. The van der Waals surface area contributed by atoms with E-state index < -0.39 is 0 Å². The van der Waals surface area contributed by atoms with Gasteiger partial charge in [0.15, 0.2) is 5.96 Å². The molecule has 0 aromatic carbocycles. The summed E-state index contributed by atoms with van der Waals surface area (Å²) in [6.07, 6.45) is 0. The van der Waals surface area contributed by atoms with Crippen LogP contribution in [0.4, 0.5) is 0 Å². The summed E-state index contributed by atoms with van der Waals surface area (Å²) in [5, 5.41) is 15.6. The quantitative estimate of drug-likeness (QED) is 0.471. The first-order valence-electron chi connectivity index (χ1n) is 6.44. The molecule has 18 heavy (non-hydrogen) atoms. The van der Waals surface area contributed by atoms with E-state index in [1.165, 1.54) is 0 Å². The minimum atomic E-state index is -0.233. The third kappa shape index (κ3) is 7.50. The van der Waals surface area contributed by atoms with Crippen molar-refractivity contribution in [1.29, 1.82) is 0 Å². The Kier molecular flexibility index (Phi) is 7.25. The molecule has 5 heteroatoms. The first kappa shape index (κ1) is 17.2. The first-order chi connectivity index (χ1) is 8.26. The normalized spacial score (nSPS) is 13.6. The maximum Gasteiger partial charge on any atom is 0.191 e. The molecule has 0 aliphatic carbocycles. The molecule has 3 N–H and O–H groups in total. The van der Waals surface area contributed by atoms with Crippen molar-refractivity contribution in [3.63, 3.8) is 0 Å². The third-order valence-electron chi connectivity index (χ3n) is 2.67. The Balaban J connectivity index is 4.43. The number of aliphatic imine (C=N–C) groups is 1. The van der Waals surface area contributed by atoms with Gasteiger partial charge >= 0.3 is 0 Å². The summed E-state index contributed by atoms with van der Waals surface area (Å²) < 4.78 is 5.35. The van der Waals surface area contributed by atoms with Crippen molar-refractivity contribution in [1.82, 2.24) is 10.6 Å². The molecule has 0 atom stereocenters. The van der Waals surface area contributed by atoms with E-state index in [4.69, 9.17) is 4.74 Å². The van der Waals surface area contributed by atoms with Gasteiger partial charge in [0.1, 0.15) is 0 Å². The molecule has 0 rings (SSSR count). The van der Waals surface area contributed by atoms with Crippen molar-refractivity contribution in [3.05, 3.63) is 0 Å². The van der Waals surface area contributed by atoms with E-state index in [9.17, 15) is 5.11 Å². The summed E-state index contributed by atoms with van der Waals surface area (Å²) in [4.78, 5) is 4.47. The van der Waals surface area contributed by atoms with Crippen LogP contribution < -0.4 is 10.6 Å².